The number of hydrogen-bond donors (Lipinski definition) is 1. The average molecular weight is 309 g/mol. The van der Waals surface area contributed by atoms with Gasteiger partial charge >= 0.3 is 0 Å². The Labute approximate surface area is 137 Å². The molecule has 0 spiro atoms. The lowest BCUT2D eigenvalue weighted by molar-refractivity contribution is 0.262. The minimum absolute atomic E-state index is 0.760. The van der Waals surface area contributed by atoms with Crippen LogP contribution in [-0.2, 0) is 0 Å². The highest BCUT2D eigenvalue weighted by Gasteiger charge is 2.17. The van der Waals surface area contributed by atoms with Gasteiger partial charge < -0.3 is 10.1 Å². The van der Waals surface area contributed by atoms with Crippen molar-refractivity contribution in [1.29, 1.82) is 0 Å². The van der Waals surface area contributed by atoms with E-state index in [1.54, 1.807) is 0 Å². The topological polar surface area (TPSA) is 39.1 Å². The molecule has 23 heavy (non-hydrogen) atoms. The number of oxime groups is 1. The van der Waals surface area contributed by atoms with E-state index in [0.29, 0.717) is 0 Å². The maximum Gasteiger partial charge on any atom is 0.0880 e. The van der Waals surface area contributed by atoms with Crippen LogP contribution in [0.2, 0.25) is 0 Å². The number of piperazine rings is 1. The molecule has 1 N–H and O–H groups in total. The summed E-state index contributed by atoms with van der Waals surface area (Å²) in [4.78, 5) is 4.86. The number of hydrogen-bond acceptors (Lipinski definition) is 4. The third-order valence-electron chi connectivity index (χ3n) is 4.39. The lowest BCUT2D eigenvalue weighted by Crippen LogP contribution is -2.46. The van der Waals surface area contributed by atoms with E-state index >= 15 is 0 Å². The van der Waals surface area contributed by atoms with E-state index in [1.165, 1.54) is 5.69 Å². The second-order valence-corrected chi connectivity index (χ2v) is 5.83. The number of nitrogens with zero attached hydrogens (tertiary/aromatic N) is 3. The van der Waals surface area contributed by atoms with Crippen LogP contribution in [0.25, 0.3) is 0 Å². The second-order valence-electron chi connectivity index (χ2n) is 5.83. The number of rotatable bonds is 5. The van der Waals surface area contributed by atoms with Crippen molar-refractivity contribution in [3.63, 3.8) is 0 Å². The SMILES string of the molecule is ON=C(CCN1CCN(c2ccccc2)CC1)c1ccccc1. The van der Waals surface area contributed by atoms with Gasteiger partial charge in [-0.15, -0.1) is 0 Å². The van der Waals surface area contributed by atoms with Gasteiger partial charge in [-0.3, -0.25) is 4.90 Å². The van der Waals surface area contributed by atoms with Gasteiger partial charge in [0.1, 0.15) is 0 Å². The molecule has 1 fully saturated rings. The van der Waals surface area contributed by atoms with E-state index in [0.717, 1.165) is 50.4 Å². The zero-order valence-electron chi connectivity index (χ0n) is 13.3. The van der Waals surface area contributed by atoms with Gasteiger partial charge in [-0.2, -0.15) is 0 Å². The monoisotopic (exact) mass is 309 g/mol. The Morgan fingerprint density at radius 2 is 1.48 bits per heavy atom. The minimum Gasteiger partial charge on any atom is -0.411 e. The molecule has 4 heteroatoms. The molecule has 2 aromatic carbocycles. The summed E-state index contributed by atoms with van der Waals surface area (Å²) in [7, 11) is 0. The van der Waals surface area contributed by atoms with E-state index in [-0.39, 0.29) is 0 Å². The average Bonchev–Trinajstić information content (AvgIpc) is 2.64. The van der Waals surface area contributed by atoms with Crippen LogP contribution in [0.5, 0.6) is 0 Å². The van der Waals surface area contributed by atoms with Crippen molar-refractivity contribution in [1.82, 2.24) is 4.90 Å². The van der Waals surface area contributed by atoms with Crippen molar-refractivity contribution >= 4 is 11.4 Å². The van der Waals surface area contributed by atoms with Gasteiger partial charge in [-0.1, -0.05) is 53.7 Å². The Morgan fingerprint density at radius 1 is 0.870 bits per heavy atom. The summed E-state index contributed by atoms with van der Waals surface area (Å²) < 4.78 is 0. The first kappa shape index (κ1) is 15.6. The van der Waals surface area contributed by atoms with Gasteiger partial charge in [0.2, 0.25) is 0 Å². The summed E-state index contributed by atoms with van der Waals surface area (Å²) in [6.45, 7) is 5.10. The number of anilines is 1. The molecule has 4 nitrogen and oxygen atoms in total. The van der Waals surface area contributed by atoms with Gasteiger partial charge in [-0.05, 0) is 17.7 Å². The van der Waals surface area contributed by atoms with Crippen LogP contribution in [0, 0.1) is 0 Å². The fraction of sp³-hybridized carbons (Fsp3) is 0.316. The van der Waals surface area contributed by atoms with E-state index < -0.39 is 0 Å². The molecule has 2 aromatic rings. The van der Waals surface area contributed by atoms with Crippen LogP contribution in [0.15, 0.2) is 65.8 Å². The first-order valence-corrected chi connectivity index (χ1v) is 8.15. The van der Waals surface area contributed by atoms with E-state index in [9.17, 15) is 5.21 Å². The smallest absolute Gasteiger partial charge is 0.0880 e. The molecule has 0 aromatic heterocycles. The zero-order chi connectivity index (χ0) is 15.9. The molecule has 1 saturated heterocycles. The Kier molecular flexibility index (Phi) is 5.27. The molecule has 1 aliphatic rings. The Hall–Kier alpha value is -2.33. The Balaban J connectivity index is 1.49. The quantitative estimate of drug-likeness (QED) is 0.524. The summed E-state index contributed by atoms with van der Waals surface area (Å²) in [6, 6.07) is 20.5. The maximum absolute atomic E-state index is 9.26. The molecule has 0 aliphatic carbocycles. The predicted octanol–water partition coefficient (Wildman–Crippen LogP) is 3.08. The molecule has 0 amide bonds. The molecular weight excluding hydrogens is 286 g/mol. The molecule has 3 rings (SSSR count). The van der Waals surface area contributed by atoms with Gasteiger partial charge in [0.25, 0.3) is 0 Å². The van der Waals surface area contributed by atoms with Crippen LogP contribution in [-0.4, -0.2) is 48.5 Å². The summed E-state index contributed by atoms with van der Waals surface area (Å²) >= 11 is 0. The van der Waals surface area contributed by atoms with Crippen molar-refractivity contribution in [2.45, 2.75) is 6.42 Å². The van der Waals surface area contributed by atoms with Crippen molar-refractivity contribution in [2.24, 2.45) is 5.16 Å². The van der Waals surface area contributed by atoms with Crippen molar-refractivity contribution in [3.8, 4) is 0 Å². The molecule has 0 atom stereocenters. The molecule has 0 saturated carbocycles. The Morgan fingerprint density at radius 3 is 2.09 bits per heavy atom. The van der Waals surface area contributed by atoms with Crippen LogP contribution < -0.4 is 4.90 Å². The van der Waals surface area contributed by atoms with Crippen molar-refractivity contribution in [3.05, 3.63) is 66.2 Å². The first-order valence-electron chi connectivity index (χ1n) is 8.15. The highest BCUT2D eigenvalue weighted by Crippen LogP contribution is 2.16. The van der Waals surface area contributed by atoms with E-state index in [1.807, 2.05) is 30.3 Å². The van der Waals surface area contributed by atoms with Crippen LogP contribution in [0.3, 0.4) is 0 Å². The largest absolute Gasteiger partial charge is 0.411 e. The molecule has 1 aliphatic heterocycles. The predicted molar refractivity (Wildman–Crippen MR) is 94.5 cm³/mol. The molecule has 120 valence electrons. The first-order chi connectivity index (χ1) is 11.4. The van der Waals surface area contributed by atoms with Crippen LogP contribution in [0.1, 0.15) is 12.0 Å². The zero-order valence-corrected chi connectivity index (χ0v) is 13.3. The summed E-state index contributed by atoms with van der Waals surface area (Å²) in [5.41, 5.74) is 3.06. The fourth-order valence-corrected chi connectivity index (χ4v) is 3.02. The van der Waals surface area contributed by atoms with Crippen LogP contribution >= 0.6 is 0 Å². The summed E-state index contributed by atoms with van der Waals surface area (Å²) in [5.74, 6) is 0. The van der Waals surface area contributed by atoms with Gasteiger partial charge in [-0.25, -0.2) is 0 Å². The molecule has 0 radical (unpaired) electrons. The van der Waals surface area contributed by atoms with E-state index in [2.05, 4.69) is 45.3 Å². The van der Waals surface area contributed by atoms with Crippen molar-refractivity contribution < 1.29 is 5.21 Å². The van der Waals surface area contributed by atoms with E-state index in [4.69, 9.17) is 0 Å². The van der Waals surface area contributed by atoms with Crippen LogP contribution in [0.4, 0.5) is 5.69 Å². The molecule has 1 heterocycles. The lowest BCUT2D eigenvalue weighted by Gasteiger charge is -2.36. The number of para-hydroxylation sites is 1. The normalized spacial score (nSPS) is 16.5. The Bertz CT molecular complexity index is 620. The van der Waals surface area contributed by atoms with Crippen molar-refractivity contribution in [2.75, 3.05) is 37.6 Å². The lowest BCUT2D eigenvalue weighted by atomic mass is 10.1. The second kappa shape index (κ2) is 7.79. The maximum atomic E-state index is 9.26. The fourth-order valence-electron chi connectivity index (χ4n) is 3.02. The third kappa shape index (κ3) is 4.11. The molecular formula is C19H23N3O. The molecule has 0 unspecified atom stereocenters. The van der Waals surface area contributed by atoms with Gasteiger partial charge in [0.15, 0.2) is 0 Å². The van der Waals surface area contributed by atoms with Gasteiger partial charge in [0.05, 0.1) is 5.71 Å². The highest BCUT2D eigenvalue weighted by molar-refractivity contribution is 6.00. The summed E-state index contributed by atoms with van der Waals surface area (Å²) in [5, 5.41) is 12.7. The number of benzene rings is 2. The third-order valence-corrected chi connectivity index (χ3v) is 4.39. The highest BCUT2D eigenvalue weighted by atomic mass is 16.4. The standard InChI is InChI=1S/C19H23N3O/c23-20-19(17-7-3-1-4-8-17)11-12-21-13-15-22(16-14-21)18-9-5-2-6-10-18/h1-10,23H,11-16H2. The summed E-state index contributed by atoms with van der Waals surface area (Å²) in [6.07, 6.45) is 0.770. The molecule has 0 bridgehead atoms. The minimum atomic E-state index is 0.760. The van der Waals surface area contributed by atoms with Gasteiger partial charge in [0, 0.05) is 44.8 Å².